The standard InChI is InChI=1S/C16H21NO3/c1-12(14(18)20-2)17-15(19)16(10-6-7-11-16)13-8-4-3-5-9-13/h3-5,8-9,12H,6-7,10-11H2,1-2H3,(H,17,19)/t12-/m0/s1. The predicted molar refractivity (Wildman–Crippen MR) is 76.2 cm³/mol. The highest BCUT2D eigenvalue weighted by Crippen LogP contribution is 2.41. The van der Waals surface area contributed by atoms with Gasteiger partial charge in [-0.05, 0) is 25.3 Å². The van der Waals surface area contributed by atoms with Crippen LogP contribution in [0.2, 0.25) is 0 Å². The van der Waals surface area contributed by atoms with E-state index in [9.17, 15) is 9.59 Å². The average Bonchev–Trinajstić information content (AvgIpc) is 2.98. The van der Waals surface area contributed by atoms with Crippen LogP contribution in [0, 0.1) is 0 Å². The molecule has 108 valence electrons. The first-order valence-electron chi connectivity index (χ1n) is 7.04. The molecule has 1 aliphatic rings. The fourth-order valence-corrected chi connectivity index (χ4v) is 2.95. The molecule has 0 aromatic heterocycles. The smallest absolute Gasteiger partial charge is 0.328 e. The van der Waals surface area contributed by atoms with Crippen molar-refractivity contribution < 1.29 is 14.3 Å². The summed E-state index contributed by atoms with van der Waals surface area (Å²) in [4.78, 5) is 24.1. The Labute approximate surface area is 119 Å². The monoisotopic (exact) mass is 275 g/mol. The van der Waals surface area contributed by atoms with Crippen molar-refractivity contribution in [3.63, 3.8) is 0 Å². The van der Waals surface area contributed by atoms with Gasteiger partial charge in [0.05, 0.1) is 12.5 Å². The van der Waals surface area contributed by atoms with Gasteiger partial charge in [-0.15, -0.1) is 0 Å². The van der Waals surface area contributed by atoms with E-state index in [4.69, 9.17) is 0 Å². The third kappa shape index (κ3) is 2.69. The minimum atomic E-state index is -0.617. The first-order valence-corrected chi connectivity index (χ1v) is 7.04. The summed E-state index contributed by atoms with van der Waals surface area (Å²) in [5, 5.41) is 2.80. The summed E-state index contributed by atoms with van der Waals surface area (Å²) >= 11 is 0. The number of hydrogen-bond donors (Lipinski definition) is 1. The van der Waals surface area contributed by atoms with Crippen LogP contribution in [-0.4, -0.2) is 25.0 Å². The normalized spacial score (nSPS) is 18.3. The number of esters is 1. The topological polar surface area (TPSA) is 55.4 Å². The molecule has 0 radical (unpaired) electrons. The Kier molecular flexibility index (Phi) is 4.42. The number of ether oxygens (including phenoxy) is 1. The van der Waals surface area contributed by atoms with Crippen LogP contribution in [-0.2, 0) is 19.7 Å². The molecule has 0 aliphatic heterocycles. The van der Waals surface area contributed by atoms with Crippen molar-refractivity contribution in [3.8, 4) is 0 Å². The summed E-state index contributed by atoms with van der Waals surface area (Å²) in [6, 6.07) is 9.22. The van der Waals surface area contributed by atoms with Gasteiger partial charge in [0.25, 0.3) is 0 Å². The first kappa shape index (κ1) is 14.6. The largest absolute Gasteiger partial charge is 0.467 e. The van der Waals surface area contributed by atoms with Crippen molar-refractivity contribution in [1.82, 2.24) is 5.32 Å². The van der Waals surface area contributed by atoms with E-state index in [0.717, 1.165) is 31.2 Å². The van der Waals surface area contributed by atoms with E-state index in [2.05, 4.69) is 10.1 Å². The van der Waals surface area contributed by atoms with Gasteiger partial charge in [0.1, 0.15) is 6.04 Å². The molecule has 1 N–H and O–H groups in total. The molecule has 0 unspecified atom stereocenters. The fraction of sp³-hybridized carbons (Fsp3) is 0.500. The van der Waals surface area contributed by atoms with Crippen LogP contribution >= 0.6 is 0 Å². The average molecular weight is 275 g/mol. The molecule has 1 aromatic rings. The Morgan fingerprint density at radius 3 is 2.35 bits per heavy atom. The van der Waals surface area contributed by atoms with Crippen molar-refractivity contribution in [2.75, 3.05) is 7.11 Å². The number of amides is 1. The molecule has 0 bridgehead atoms. The van der Waals surface area contributed by atoms with Crippen LogP contribution < -0.4 is 5.32 Å². The Morgan fingerprint density at radius 2 is 1.80 bits per heavy atom. The molecule has 0 heterocycles. The molecule has 1 saturated carbocycles. The van der Waals surface area contributed by atoms with Crippen molar-refractivity contribution >= 4 is 11.9 Å². The number of rotatable bonds is 4. The predicted octanol–water partition coefficient (Wildman–Crippen LogP) is 2.18. The third-order valence-electron chi connectivity index (χ3n) is 4.12. The zero-order valence-electron chi connectivity index (χ0n) is 12.0. The summed E-state index contributed by atoms with van der Waals surface area (Å²) in [5.74, 6) is -0.487. The van der Waals surface area contributed by atoms with Gasteiger partial charge in [0.2, 0.25) is 5.91 Å². The van der Waals surface area contributed by atoms with Gasteiger partial charge in [0.15, 0.2) is 0 Å². The van der Waals surface area contributed by atoms with Crippen LogP contribution in [0.25, 0.3) is 0 Å². The van der Waals surface area contributed by atoms with E-state index in [-0.39, 0.29) is 5.91 Å². The van der Waals surface area contributed by atoms with E-state index in [1.54, 1.807) is 6.92 Å². The number of methoxy groups -OCH3 is 1. The van der Waals surface area contributed by atoms with Gasteiger partial charge in [-0.25, -0.2) is 4.79 Å². The van der Waals surface area contributed by atoms with E-state index < -0.39 is 17.4 Å². The van der Waals surface area contributed by atoms with Crippen LogP contribution in [0.15, 0.2) is 30.3 Å². The summed E-state index contributed by atoms with van der Waals surface area (Å²) in [5.41, 5.74) is 0.538. The molecular weight excluding hydrogens is 254 g/mol. The summed E-state index contributed by atoms with van der Waals surface area (Å²) < 4.78 is 4.66. The van der Waals surface area contributed by atoms with E-state index >= 15 is 0 Å². The van der Waals surface area contributed by atoms with E-state index in [0.29, 0.717) is 0 Å². The zero-order valence-corrected chi connectivity index (χ0v) is 12.0. The third-order valence-corrected chi connectivity index (χ3v) is 4.12. The maximum Gasteiger partial charge on any atom is 0.328 e. The van der Waals surface area contributed by atoms with Crippen LogP contribution in [0.4, 0.5) is 0 Å². The first-order chi connectivity index (χ1) is 9.60. The molecule has 2 rings (SSSR count). The van der Waals surface area contributed by atoms with Gasteiger partial charge in [-0.3, -0.25) is 4.79 Å². The van der Waals surface area contributed by atoms with Crippen molar-refractivity contribution in [3.05, 3.63) is 35.9 Å². The van der Waals surface area contributed by atoms with Crippen molar-refractivity contribution in [1.29, 1.82) is 0 Å². The van der Waals surface area contributed by atoms with Crippen molar-refractivity contribution in [2.45, 2.75) is 44.1 Å². The summed E-state index contributed by atoms with van der Waals surface area (Å²) in [6.45, 7) is 1.65. The molecule has 1 aromatic carbocycles. The second-order valence-corrected chi connectivity index (χ2v) is 5.37. The number of nitrogens with one attached hydrogen (secondary N) is 1. The maximum atomic E-state index is 12.7. The molecule has 1 aliphatic carbocycles. The zero-order chi connectivity index (χ0) is 14.6. The lowest BCUT2D eigenvalue weighted by Crippen LogP contribution is -2.48. The highest BCUT2D eigenvalue weighted by atomic mass is 16.5. The highest BCUT2D eigenvalue weighted by Gasteiger charge is 2.43. The molecule has 1 atom stereocenters. The molecule has 0 saturated heterocycles. The van der Waals surface area contributed by atoms with E-state index in [1.807, 2.05) is 30.3 Å². The SMILES string of the molecule is COC(=O)[C@H](C)NC(=O)C1(c2ccccc2)CCCC1. The van der Waals surface area contributed by atoms with Crippen LogP contribution in [0.5, 0.6) is 0 Å². The molecule has 1 amide bonds. The molecule has 20 heavy (non-hydrogen) atoms. The van der Waals surface area contributed by atoms with Gasteiger partial charge < -0.3 is 10.1 Å². The number of benzene rings is 1. The van der Waals surface area contributed by atoms with E-state index in [1.165, 1.54) is 7.11 Å². The number of hydrogen-bond acceptors (Lipinski definition) is 3. The molecular formula is C16H21NO3. The quantitative estimate of drug-likeness (QED) is 0.857. The molecule has 1 fully saturated rings. The lowest BCUT2D eigenvalue weighted by Gasteiger charge is -2.29. The number of carbonyl (C=O) groups excluding carboxylic acids is 2. The second-order valence-electron chi connectivity index (χ2n) is 5.37. The van der Waals surface area contributed by atoms with Gasteiger partial charge in [-0.1, -0.05) is 43.2 Å². The minimum absolute atomic E-state index is 0.0703. The molecule has 0 spiro atoms. The molecule has 4 heteroatoms. The summed E-state index contributed by atoms with van der Waals surface area (Å²) in [7, 11) is 1.33. The Balaban J connectivity index is 2.21. The van der Waals surface area contributed by atoms with Gasteiger partial charge in [-0.2, -0.15) is 0 Å². The second kappa shape index (κ2) is 6.07. The lowest BCUT2D eigenvalue weighted by molar-refractivity contribution is -0.145. The maximum absolute atomic E-state index is 12.7. The highest BCUT2D eigenvalue weighted by molar-refractivity contribution is 5.92. The van der Waals surface area contributed by atoms with Crippen LogP contribution in [0.1, 0.15) is 38.2 Å². The van der Waals surface area contributed by atoms with Gasteiger partial charge in [0, 0.05) is 0 Å². The fourth-order valence-electron chi connectivity index (χ4n) is 2.95. The minimum Gasteiger partial charge on any atom is -0.467 e. The summed E-state index contributed by atoms with van der Waals surface area (Å²) in [6.07, 6.45) is 3.73. The lowest BCUT2D eigenvalue weighted by atomic mass is 9.78. The Hall–Kier alpha value is -1.84. The van der Waals surface area contributed by atoms with Crippen LogP contribution in [0.3, 0.4) is 0 Å². The Bertz CT molecular complexity index is 478. The number of carbonyl (C=O) groups is 2. The Morgan fingerprint density at radius 1 is 1.20 bits per heavy atom. The van der Waals surface area contributed by atoms with Crippen molar-refractivity contribution in [2.24, 2.45) is 0 Å². The molecule has 4 nitrogen and oxygen atoms in total. The van der Waals surface area contributed by atoms with Gasteiger partial charge >= 0.3 is 5.97 Å².